The van der Waals surface area contributed by atoms with E-state index in [9.17, 15) is 26.7 Å². The minimum Gasteiger partial charge on any atom is -0.313 e. The van der Waals surface area contributed by atoms with Crippen molar-refractivity contribution in [2.75, 3.05) is 11.9 Å². The van der Waals surface area contributed by atoms with Crippen LogP contribution in [-0.2, 0) is 12.6 Å². The second-order valence-corrected chi connectivity index (χ2v) is 7.22. The summed E-state index contributed by atoms with van der Waals surface area (Å²) in [6.07, 6.45) is -4.12. The van der Waals surface area contributed by atoms with Crippen LogP contribution in [0.3, 0.4) is 0 Å². The Balaban J connectivity index is 1.73. The molecule has 0 spiro atoms. The van der Waals surface area contributed by atoms with Crippen LogP contribution in [0.4, 0.5) is 32.4 Å². The second-order valence-electron chi connectivity index (χ2n) is 7.22. The summed E-state index contributed by atoms with van der Waals surface area (Å²) in [5.74, 6) is -1.00. The minimum absolute atomic E-state index is 0.231. The van der Waals surface area contributed by atoms with Crippen LogP contribution < -0.4 is 5.32 Å². The summed E-state index contributed by atoms with van der Waals surface area (Å²) in [5.41, 5.74) is 0.812. The van der Waals surface area contributed by atoms with Crippen LogP contribution in [0.2, 0.25) is 0 Å². The van der Waals surface area contributed by atoms with Crippen molar-refractivity contribution in [3.05, 3.63) is 101 Å². The average Bonchev–Trinajstić information content (AvgIpc) is 2.74. The van der Waals surface area contributed by atoms with Crippen LogP contribution in [0.15, 0.2) is 66.7 Å². The summed E-state index contributed by atoms with van der Waals surface area (Å²) in [5, 5.41) is 2.64. The van der Waals surface area contributed by atoms with Crippen LogP contribution in [0.25, 0.3) is 0 Å². The molecular weight excluding hydrogens is 415 g/mol. The number of amides is 2. The molecule has 3 nitrogen and oxygen atoms in total. The number of nitrogens with zero attached hydrogens (tertiary/aromatic N) is 1. The Morgan fingerprint density at radius 1 is 0.935 bits per heavy atom. The molecule has 0 aliphatic carbocycles. The molecule has 1 heterocycles. The third kappa shape index (κ3) is 4.23. The molecule has 0 bridgehead atoms. The number of urea groups is 1. The van der Waals surface area contributed by atoms with Crippen LogP contribution in [0.1, 0.15) is 28.3 Å². The number of halogens is 5. The van der Waals surface area contributed by atoms with Gasteiger partial charge in [0.25, 0.3) is 0 Å². The first-order valence-electron chi connectivity index (χ1n) is 9.51. The summed E-state index contributed by atoms with van der Waals surface area (Å²) in [6.45, 7) is 0.231. The monoisotopic (exact) mass is 432 g/mol. The van der Waals surface area contributed by atoms with Gasteiger partial charge in [-0.2, -0.15) is 13.2 Å². The zero-order chi connectivity index (χ0) is 22.2. The molecule has 1 aliphatic rings. The molecule has 0 saturated carbocycles. The minimum atomic E-state index is -4.51. The van der Waals surface area contributed by atoms with Gasteiger partial charge in [-0.05, 0) is 60.0 Å². The molecule has 3 aromatic rings. The van der Waals surface area contributed by atoms with E-state index in [2.05, 4.69) is 5.32 Å². The predicted molar refractivity (Wildman–Crippen MR) is 106 cm³/mol. The summed E-state index contributed by atoms with van der Waals surface area (Å²) < 4.78 is 66.9. The van der Waals surface area contributed by atoms with Gasteiger partial charge in [0.1, 0.15) is 11.6 Å². The standard InChI is InChI=1S/C23H17F5N2O/c24-17-8-10-18(11-9-17)29-22(31)30-13-12-14-2-1-3-19(25)20(14)21(30)15-4-6-16(7-5-15)23(26,27)28/h1-11,21H,12-13H2,(H,29,31). The quantitative estimate of drug-likeness (QED) is 0.483. The highest BCUT2D eigenvalue weighted by Gasteiger charge is 2.35. The number of rotatable bonds is 2. The van der Waals surface area contributed by atoms with Crippen molar-refractivity contribution in [3.8, 4) is 0 Å². The Morgan fingerprint density at radius 3 is 2.26 bits per heavy atom. The van der Waals surface area contributed by atoms with Gasteiger partial charge in [-0.25, -0.2) is 13.6 Å². The summed E-state index contributed by atoms with van der Waals surface area (Å²) in [6, 6.07) is 12.6. The van der Waals surface area contributed by atoms with Gasteiger partial charge in [-0.1, -0.05) is 24.3 Å². The molecular formula is C23H17F5N2O. The molecule has 4 rings (SSSR count). The maximum Gasteiger partial charge on any atom is 0.416 e. The number of alkyl halides is 3. The Hall–Kier alpha value is -3.42. The number of hydrogen-bond donors (Lipinski definition) is 1. The number of fused-ring (bicyclic) bond motifs is 1. The van der Waals surface area contributed by atoms with Gasteiger partial charge in [-0.3, -0.25) is 0 Å². The first-order chi connectivity index (χ1) is 14.7. The highest BCUT2D eigenvalue weighted by atomic mass is 19.4. The molecule has 1 N–H and O–H groups in total. The smallest absolute Gasteiger partial charge is 0.313 e. The van der Waals surface area contributed by atoms with Gasteiger partial charge in [0.15, 0.2) is 0 Å². The zero-order valence-corrected chi connectivity index (χ0v) is 16.1. The van der Waals surface area contributed by atoms with Gasteiger partial charge >= 0.3 is 12.2 Å². The largest absolute Gasteiger partial charge is 0.416 e. The van der Waals surface area contributed by atoms with E-state index in [0.717, 1.165) is 12.1 Å². The fraction of sp³-hybridized carbons (Fsp3) is 0.174. The Labute approximate surface area is 175 Å². The Morgan fingerprint density at radius 2 is 1.61 bits per heavy atom. The lowest BCUT2D eigenvalue weighted by Gasteiger charge is -2.38. The average molecular weight is 432 g/mol. The Kier molecular flexibility index (Phi) is 5.39. The normalized spacial score (nSPS) is 16.0. The molecule has 0 saturated heterocycles. The highest BCUT2D eigenvalue weighted by molar-refractivity contribution is 5.90. The van der Waals surface area contributed by atoms with E-state index >= 15 is 0 Å². The Bertz CT molecular complexity index is 1090. The van der Waals surface area contributed by atoms with E-state index in [1.54, 1.807) is 12.1 Å². The molecule has 0 fully saturated rings. The number of carbonyl (C=O) groups excluding carboxylic acids is 1. The first-order valence-corrected chi connectivity index (χ1v) is 9.51. The van der Waals surface area contributed by atoms with Gasteiger partial charge in [-0.15, -0.1) is 0 Å². The summed E-state index contributed by atoms with van der Waals surface area (Å²) in [4.78, 5) is 14.4. The lowest BCUT2D eigenvalue weighted by Crippen LogP contribution is -2.43. The van der Waals surface area contributed by atoms with Crippen molar-refractivity contribution >= 4 is 11.7 Å². The molecule has 1 aliphatic heterocycles. The number of hydrogen-bond acceptors (Lipinski definition) is 1. The maximum absolute atomic E-state index is 14.8. The van der Waals surface area contributed by atoms with Gasteiger partial charge < -0.3 is 10.2 Å². The molecule has 0 aromatic heterocycles. The lowest BCUT2D eigenvalue weighted by atomic mass is 9.87. The van der Waals surface area contributed by atoms with Crippen molar-refractivity contribution in [1.29, 1.82) is 0 Å². The lowest BCUT2D eigenvalue weighted by molar-refractivity contribution is -0.137. The summed E-state index contributed by atoms with van der Waals surface area (Å²) in [7, 11) is 0. The molecule has 1 unspecified atom stereocenters. The summed E-state index contributed by atoms with van der Waals surface area (Å²) >= 11 is 0. The molecule has 31 heavy (non-hydrogen) atoms. The van der Waals surface area contributed by atoms with E-state index in [-0.39, 0.29) is 12.1 Å². The SMILES string of the molecule is O=C(Nc1ccc(F)cc1)N1CCc2cccc(F)c2C1c1ccc(C(F)(F)F)cc1. The van der Waals surface area contributed by atoms with E-state index in [0.29, 0.717) is 23.2 Å². The zero-order valence-electron chi connectivity index (χ0n) is 16.1. The topological polar surface area (TPSA) is 32.3 Å². The van der Waals surface area contributed by atoms with Crippen LogP contribution in [0, 0.1) is 11.6 Å². The van der Waals surface area contributed by atoms with Crippen LogP contribution in [0.5, 0.6) is 0 Å². The number of carbonyl (C=O) groups is 1. The number of benzene rings is 3. The maximum atomic E-state index is 14.8. The van der Waals surface area contributed by atoms with Gasteiger partial charge in [0, 0.05) is 17.8 Å². The van der Waals surface area contributed by atoms with Crippen molar-refractivity contribution in [3.63, 3.8) is 0 Å². The molecule has 2 amide bonds. The number of nitrogens with one attached hydrogen (secondary N) is 1. The fourth-order valence-electron chi connectivity index (χ4n) is 3.78. The van der Waals surface area contributed by atoms with E-state index in [1.165, 1.54) is 47.4 Å². The number of anilines is 1. The van der Waals surface area contributed by atoms with E-state index in [1.807, 2.05) is 0 Å². The van der Waals surface area contributed by atoms with Crippen molar-refractivity contribution < 1.29 is 26.7 Å². The molecule has 3 aromatic carbocycles. The third-order valence-corrected chi connectivity index (χ3v) is 5.26. The van der Waals surface area contributed by atoms with Crippen LogP contribution in [-0.4, -0.2) is 17.5 Å². The fourth-order valence-corrected chi connectivity index (χ4v) is 3.78. The van der Waals surface area contributed by atoms with E-state index in [4.69, 9.17) is 0 Å². The van der Waals surface area contributed by atoms with Gasteiger partial charge in [0.2, 0.25) is 0 Å². The van der Waals surface area contributed by atoms with Crippen LogP contribution >= 0.6 is 0 Å². The van der Waals surface area contributed by atoms with Gasteiger partial charge in [0.05, 0.1) is 11.6 Å². The van der Waals surface area contributed by atoms with Crippen molar-refractivity contribution in [1.82, 2.24) is 4.90 Å². The van der Waals surface area contributed by atoms with Crippen molar-refractivity contribution in [2.45, 2.75) is 18.6 Å². The van der Waals surface area contributed by atoms with Crippen molar-refractivity contribution in [2.24, 2.45) is 0 Å². The second kappa shape index (κ2) is 8.02. The highest BCUT2D eigenvalue weighted by Crippen LogP contribution is 2.38. The molecule has 8 heteroatoms. The first kappa shape index (κ1) is 20.8. The molecule has 160 valence electrons. The molecule has 1 atom stereocenters. The predicted octanol–water partition coefficient (Wildman–Crippen LogP) is 6.16. The molecule has 0 radical (unpaired) electrons. The third-order valence-electron chi connectivity index (χ3n) is 5.26. The van der Waals surface area contributed by atoms with E-state index < -0.39 is 35.4 Å².